The van der Waals surface area contributed by atoms with E-state index in [1.807, 2.05) is 30.3 Å². The van der Waals surface area contributed by atoms with Crippen molar-refractivity contribution in [3.05, 3.63) is 71.3 Å². The molecule has 2 aromatic rings. The van der Waals surface area contributed by atoms with E-state index in [2.05, 4.69) is 58.8 Å². The van der Waals surface area contributed by atoms with E-state index in [9.17, 15) is 4.79 Å². The van der Waals surface area contributed by atoms with Crippen LogP contribution in [-0.2, 0) is 13.1 Å². The molecule has 0 saturated heterocycles. The molecule has 164 valence electrons. The number of guanidine groups is 1. The molecule has 0 heterocycles. The first kappa shape index (κ1) is 25.9. The van der Waals surface area contributed by atoms with Crippen LogP contribution >= 0.6 is 24.0 Å². The SMILES string of the molecule is CN=C(NCc1ccc(C(=O)N(C)C)cc1)NCC(C)N(C)Cc1ccccc1.I. The van der Waals surface area contributed by atoms with Gasteiger partial charge in [-0.15, -0.1) is 24.0 Å². The number of benzene rings is 2. The largest absolute Gasteiger partial charge is 0.355 e. The van der Waals surface area contributed by atoms with Gasteiger partial charge in [0.05, 0.1) is 0 Å². The molecule has 0 aliphatic carbocycles. The minimum absolute atomic E-state index is 0. The van der Waals surface area contributed by atoms with Crippen molar-refractivity contribution in [2.24, 2.45) is 4.99 Å². The van der Waals surface area contributed by atoms with Crippen molar-refractivity contribution in [2.75, 3.05) is 34.7 Å². The summed E-state index contributed by atoms with van der Waals surface area (Å²) >= 11 is 0. The Morgan fingerprint density at radius 2 is 1.60 bits per heavy atom. The highest BCUT2D eigenvalue weighted by atomic mass is 127. The fourth-order valence-corrected chi connectivity index (χ4v) is 2.86. The molecule has 6 nitrogen and oxygen atoms in total. The summed E-state index contributed by atoms with van der Waals surface area (Å²) in [7, 11) is 7.41. The predicted molar refractivity (Wildman–Crippen MR) is 135 cm³/mol. The highest BCUT2D eigenvalue weighted by Gasteiger charge is 2.11. The van der Waals surface area contributed by atoms with Crippen LogP contribution in [0.25, 0.3) is 0 Å². The van der Waals surface area contributed by atoms with Gasteiger partial charge in [0.2, 0.25) is 0 Å². The molecule has 0 aromatic heterocycles. The molecule has 0 aliphatic rings. The van der Waals surface area contributed by atoms with Gasteiger partial charge in [-0.1, -0.05) is 42.5 Å². The van der Waals surface area contributed by atoms with Crippen LogP contribution in [0.2, 0.25) is 0 Å². The summed E-state index contributed by atoms with van der Waals surface area (Å²) in [5.74, 6) is 0.772. The Hall–Kier alpha value is -2.13. The highest BCUT2D eigenvalue weighted by Crippen LogP contribution is 2.07. The molecule has 0 bridgehead atoms. The molecule has 0 spiro atoms. The van der Waals surface area contributed by atoms with Gasteiger partial charge < -0.3 is 15.5 Å². The molecule has 2 N–H and O–H groups in total. The van der Waals surface area contributed by atoms with Gasteiger partial charge >= 0.3 is 0 Å². The van der Waals surface area contributed by atoms with Crippen LogP contribution in [0.4, 0.5) is 0 Å². The van der Waals surface area contributed by atoms with Crippen molar-refractivity contribution in [3.8, 4) is 0 Å². The lowest BCUT2D eigenvalue weighted by molar-refractivity contribution is 0.0827. The Kier molecular flexibility index (Phi) is 11.4. The minimum Gasteiger partial charge on any atom is -0.355 e. The van der Waals surface area contributed by atoms with Crippen molar-refractivity contribution in [3.63, 3.8) is 0 Å². The fraction of sp³-hybridized carbons (Fsp3) is 0.391. The van der Waals surface area contributed by atoms with Gasteiger partial charge in [-0.3, -0.25) is 14.7 Å². The van der Waals surface area contributed by atoms with Crippen LogP contribution in [0.15, 0.2) is 59.6 Å². The molecule has 1 amide bonds. The summed E-state index contributed by atoms with van der Waals surface area (Å²) in [6.45, 7) is 4.54. The van der Waals surface area contributed by atoms with Crippen LogP contribution in [0.3, 0.4) is 0 Å². The number of halogens is 1. The first-order valence-electron chi connectivity index (χ1n) is 9.90. The summed E-state index contributed by atoms with van der Waals surface area (Å²) < 4.78 is 0. The molecular formula is C23H34IN5O. The van der Waals surface area contributed by atoms with E-state index in [1.54, 1.807) is 26.0 Å². The lowest BCUT2D eigenvalue weighted by Crippen LogP contribution is -2.44. The maximum absolute atomic E-state index is 12.0. The maximum Gasteiger partial charge on any atom is 0.253 e. The second kappa shape index (κ2) is 13.2. The molecule has 2 aromatic carbocycles. The first-order valence-corrected chi connectivity index (χ1v) is 9.90. The lowest BCUT2D eigenvalue weighted by Gasteiger charge is -2.25. The third kappa shape index (κ3) is 8.31. The van der Waals surface area contributed by atoms with E-state index in [0.29, 0.717) is 18.2 Å². The number of rotatable bonds is 8. The normalized spacial score (nSPS) is 12.1. The van der Waals surface area contributed by atoms with Gasteiger partial charge in [0.25, 0.3) is 5.91 Å². The Bertz CT molecular complexity index is 793. The Balaban J connectivity index is 0.00000450. The number of amides is 1. The Labute approximate surface area is 197 Å². The number of nitrogens with one attached hydrogen (secondary N) is 2. The quantitative estimate of drug-likeness (QED) is 0.317. The lowest BCUT2D eigenvalue weighted by atomic mass is 10.1. The zero-order valence-corrected chi connectivity index (χ0v) is 20.9. The summed E-state index contributed by atoms with van der Waals surface area (Å²) in [4.78, 5) is 20.2. The van der Waals surface area contributed by atoms with Crippen LogP contribution in [0, 0.1) is 0 Å². The number of aliphatic imine (C=N–C) groups is 1. The zero-order chi connectivity index (χ0) is 21.2. The van der Waals surface area contributed by atoms with E-state index in [0.717, 1.165) is 24.6 Å². The number of hydrogen-bond acceptors (Lipinski definition) is 3. The minimum atomic E-state index is 0. The Morgan fingerprint density at radius 3 is 2.17 bits per heavy atom. The van der Waals surface area contributed by atoms with Crippen LogP contribution in [0.1, 0.15) is 28.4 Å². The third-order valence-electron chi connectivity index (χ3n) is 4.88. The molecule has 1 unspecified atom stereocenters. The number of carbonyl (C=O) groups excluding carboxylic acids is 1. The maximum atomic E-state index is 12.0. The molecule has 0 saturated carbocycles. The van der Waals surface area contributed by atoms with Crippen molar-refractivity contribution >= 4 is 35.8 Å². The van der Waals surface area contributed by atoms with E-state index in [-0.39, 0.29) is 29.9 Å². The van der Waals surface area contributed by atoms with Crippen molar-refractivity contribution in [2.45, 2.75) is 26.1 Å². The second-order valence-corrected chi connectivity index (χ2v) is 7.45. The standard InChI is InChI=1S/C23H33N5O.HI/c1-18(28(5)17-20-9-7-6-8-10-20)15-25-23(24-2)26-16-19-11-13-21(14-12-19)22(29)27(3)4;/h6-14,18H,15-17H2,1-5H3,(H2,24,25,26);1H. The van der Waals surface area contributed by atoms with Crippen LogP contribution < -0.4 is 10.6 Å². The molecule has 1 atom stereocenters. The molecule has 0 radical (unpaired) electrons. The van der Waals surface area contributed by atoms with Crippen LogP contribution in [-0.4, -0.2) is 62.4 Å². The first-order chi connectivity index (χ1) is 13.9. The fourth-order valence-electron chi connectivity index (χ4n) is 2.86. The summed E-state index contributed by atoms with van der Waals surface area (Å²) in [6.07, 6.45) is 0. The van der Waals surface area contributed by atoms with E-state index >= 15 is 0 Å². The highest BCUT2D eigenvalue weighted by molar-refractivity contribution is 14.0. The van der Waals surface area contributed by atoms with Gasteiger partial charge in [-0.05, 0) is 37.2 Å². The van der Waals surface area contributed by atoms with Crippen molar-refractivity contribution < 1.29 is 4.79 Å². The topological polar surface area (TPSA) is 60.0 Å². The average Bonchev–Trinajstić information content (AvgIpc) is 2.74. The Morgan fingerprint density at radius 1 is 0.967 bits per heavy atom. The predicted octanol–water partition coefficient (Wildman–Crippen LogP) is 3.19. The van der Waals surface area contributed by atoms with E-state index < -0.39 is 0 Å². The number of carbonyl (C=O) groups is 1. The molecule has 0 fully saturated rings. The van der Waals surface area contributed by atoms with E-state index in [4.69, 9.17) is 0 Å². The summed E-state index contributed by atoms with van der Waals surface area (Å²) in [5.41, 5.74) is 3.09. The van der Waals surface area contributed by atoms with Crippen molar-refractivity contribution in [1.82, 2.24) is 20.4 Å². The van der Waals surface area contributed by atoms with Crippen molar-refractivity contribution in [1.29, 1.82) is 0 Å². The molecule has 2 rings (SSSR count). The third-order valence-corrected chi connectivity index (χ3v) is 4.88. The number of likely N-dealkylation sites (N-methyl/N-ethyl adjacent to an activating group) is 1. The zero-order valence-electron chi connectivity index (χ0n) is 18.6. The van der Waals surface area contributed by atoms with E-state index in [1.165, 1.54) is 5.56 Å². The summed E-state index contributed by atoms with van der Waals surface area (Å²) in [6, 6.07) is 18.5. The van der Waals surface area contributed by atoms with Gasteiger partial charge in [-0.25, -0.2) is 0 Å². The van der Waals surface area contributed by atoms with Gasteiger partial charge in [0.15, 0.2) is 5.96 Å². The average molecular weight is 523 g/mol. The molecule has 7 heteroatoms. The van der Waals surface area contributed by atoms with Gasteiger partial charge in [0, 0.05) is 52.4 Å². The van der Waals surface area contributed by atoms with Crippen LogP contribution in [0.5, 0.6) is 0 Å². The molecule has 0 aliphatic heterocycles. The summed E-state index contributed by atoms with van der Waals surface area (Å²) in [5, 5.41) is 6.71. The number of hydrogen-bond donors (Lipinski definition) is 2. The smallest absolute Gasteiger partial charge is 0.253 e. The monoisotopic (exact) mass is 523 g/mol. The van der Waals surface area contributed by atoms with Gasteiger partial charge in [0.1, 0.15) is 0 Å². The second-order valence-electron chi connectivity index (χ2n) is 7.45. The van der Waals surface area contributed by atoms with Gasteiger partial charge in [-0.2, -0.15) is 0 Å². The molecule has 30 heavy (non-hydrogen) atoms. The molecular weight excluding hydrogens is 489 g/mol. The number of nitrogens with zero attached hydrogens (tertiary/aromatic N) is 3.